The molecule has 1 rings (SSSR count). The number of hydrogen-bond donors (Lipinski definition) is 2. The molecule has 14 heavy (non-hydrogen) atoms. The van der Waals surface area contributed by atoms with E-state index < -0.39 is 0 Å². The summed E-state index contributed by atoms with van der Waals surface area (Å²) in [5.41, 5.74) is 6.50. The molecule has 0 spiro atoms. The first kappa shape index (κ1) is 10.8. The van der Waals surface area contributed by atoms with Crippen LogP contribution in [-0.2, 0) is 7.05 Å². The summed E-state index contributed by atoms with van der Waals surface area (Å²) < 4.78 is 1.53. The van der Waals surface area contributed by atoms with Crippen LogP contribution >= 0.6 is 0 Å². The highest BCUT2D eigenvalue weighted by Crippen LogP contribution is 2.05. The monoisotopic (exact) mass is 195 g/mol. The fourth-order valence-electron chi connectivity index (χ4n) is 1.03. The molecule has 0 saturated heterocycles. The number of nitrogens with one attached hydrogen (secondary N) is 1. The van der Waals surface area contributed by atoms with Gasteiger partial charge >= 0.3 is 0 Å². The standard InChI is InChI=1S/C10H17N3O/c1-7(11)8(2)12-9-4-5-13(3)10(14)6-9/h4-8,12H,11H2,1-3H3. The highest BCUT2D eigenvalue weighted by atomic mass is 16.1. The SMILES string of the molecule is CC(N)C(C)Nc1ccn(C)c(=O)c1. The number of aryl methyl sites for hydroxylation is 1. The van der Waals surface area contributed by atoms with Gasteiger partial charge in [-0.05, 0) is 19.9 Å². The molecule has 0 saturated carbocycles. The maximum atomic E-state index is 11.3. The van der Waals surface area contributed by atoms with E-state index in [9.17, 15) is 4.79 Å². The van der Waals surface area contributed by atoms with Crippen LogP contribution < -0.4 is 16.6 Å². The van der Waals surface area contributed by atoms with Crippen molar-refractivity contribution in [1.29, 1.82) is 0 Å². The molecular weight excluding hydrogens is 178 g/mol. The van der Waals surface area contributed by atoms with E-state index in [-0.39, 0.29) is 17.6 Å². The maximum Gasteiger partial charge on any atom is 0.252 e. The number of rotatable bonds is 3. The molecule has 2 atom stereocenters. The zero-order chi connectivity index (χ0) is 10.7. The van der Waals surface area contributed by atoms with E-state index in [2.05, 4.69) is 5.32 Å². The predicted octanol–water partition coefficient (Wildman–Crippen LogP) is 0.533. The zero-order valence-corrected chi connectivity index (χ0v) is 8.82. The summed E-state index contributed by atoms with van der Waals surface area (Å²) in [6.07, 6.45) is 1.73. The van der Waals surface area contributed by atoms with Gasteiger partial charge in [0.05, 0.1) is 0 Å². The molecule has 0 aliphatic carbocycles. The maximum absolute atomic E-state index is 11.3. The molecule has 1 heterocycles. The fraction of sp³-hybridized carbons (Fsp3) is 0.500. The van der Waals surface area contributed by atoms with Crippen molar-refractivity contribution < 1.29 is 0 Å². The van der Waals surface area contributed by atoms with Crippen LogP contribution in [0.2, 0.25) is 0 Å². The smallest absolute Gasteiger partial charge is 0.252 e. The normalized spacial score (nSPS) is 14.9. The van der Waals surface area contributed by atoms with E-state index in [1.54, 1.807) is 19.3 Å². The summed E-state index contributed by atoms with van der Waals surface area (Å²) in [6, 6.07) is 3.64. The molecular formula is C10H17N3O. The van der Waals surface area contributed by atoms with Gasteiger partial charge in [0.2, 0.25) is 0 Å². The number of anilines is 1. The van der Waals surface area contributed by atoms with Crippen LogP contribution in [0.4, 0.5) is 5.69 Å². The van der Waals surface area contributed by atoms with Crippen molar-refractivity contribution in [3.8, 4) is 0 Å². The fourth-order valence-corrected chi connectivity index (χ4v) is 1.03. The van der Waals surface area contributed by atoms with Crippen LogP contribution in [0, 0.1) is 0 Å². The molecule has 4 heteroatoms. The topological polar surface area (TPSA) is 60.0 Å². The van der Waals surface area contributed by atoms with Crippen molar-refractivity contribution in [3.63, 3.8) is 0 Å². The third-order valence-corrected chi connectivity index (χ3v) is 2.29. The molecule has 3 N–H and O–H groups in total. The molecule has 0 aliphatic rings. The first-order valence-electron chi connectivity index (χ1n) is 4.69. The van der Waals surface area contributed by atoms with Crippen LogP contribution in [0.25, 0.3) is 0 Å². The lowest BCUT2D eigenvalue weighted by Crippen LogP contribution is -2.35. The van der Waals surface area contributed by atoms with Crippen LogP contribution in [0.1, 0.15) is 13.8 Å². The number of aromatic nitrogens is 1. The van der Waals surface area contributed by atoms with Crippen molar-refractivity contribution in [1.82, 2.24) is 4.57 Å². The summed E-state index contributed by atoms with van der Waals surface area (Å²) in [5, 5.41) is 3.17. The number of pyridine rings is 1. The summed E-state index contributed by atoms with van der Waals surface area (Å²) in [5.74, 6) is 0. The Bertz CT molecular complexity index is 357. The van der Waals surface area contributed by atoms with Gasteiger partial charge in [0.15, 0.2) is 0 Å². The zero-order valence-electron chi connectivity index (χ0n) is 8.82. The van der Waals surface area contributed by atoms with Gasteiger partial charge in [-0.25, -0.2) is 0 Å². The van der Waals surface area contributed by atoms with Gasteiger partial charge in [-0.2, -0.15) is 0 Å². The largest absolute Gasteiger partial charge is 0.381 e. The molecule has 4 nitrogen and oxygen atoms in total. The summed E-state index contributed by atoms with van der Waals surface area (Å²) in [4.78, 5) is 11.3. The highest BCUT2D eigenvalue weighted by Gasteiger charge is 2.06. The van der Waals surface area contributed by atoms with Gasteiger partial charge in [-0.3, -0.25) is 4.79 Å². The number of nitrogens with zero attached hydrogens (tertiary/aromatic N) is 1. The Hall–Kier alpha value is -1.29. The Balaban J connectivity index is 2.78. The van der Waals surface area contributed by atoms with Gasteiger partial charge in [0, 0.05) is 37.1 Å². The molecule has 1 aromatic rings. The van der Waals surface area contributed by atoms with Gasteiger partial charge in [0.1, 0.15) is 0 Å². The number of nitrogens with two attached hydrogens (primary N) is 1. The second kappa shape index (κ2) is 4.28. The molecule has 78 valence electrons. The van der Waals surface area contributed by atoms with E-state index in [4.69, 9.17) is 5.73 Å². The molecule has 2 unspecified atom stereocenters. The van der Waals surface area contributed by atoms with Crippen LogP contribution in [-0.4, -0.2) is 16.7 Å². The summed E-state index contributed by atoms with van der Waals surface area (Å²) in [7, 11) is 1.72. The van der Waals surface area contributed by atoms with E-state index in [0.29, 0.717) is 0 Å². The molecule has 0 radical (unpaired) electrons. The molecule has 1 aromatic heterocycles. The Morgan fingerprint density at radius 2 is 2.14 bits per heavy atom. The van der Waals surface area contributed by atoms with Gasteiger partial charge in [-0.15, -0.1) is 0 Å². The molecule has 0 amide bonds. The van der Waals surface area contributed by atoms with Crippen molar-refractivity contribution in [2.75, 3.05) is 5.32 Å². The Kier molecular flexibility index (Phi) is 3.30. The third kappa shape index (κ3) is 2.60. The van der Waals surface area contributed by atoms with Gasteiger partial charge in [0.25, 0.3) is 5.56 Å². The Morgan fingerprint density at radius 1 is 1.50 bits per heavy atom. The Morgan fingerprint density at radius 3 is 2.64 bits per heavy atom. The number of hydrogen-bond acceptors (Lipinski definition) is 3. The first-order valence-corrected chi connectivity index (χ1v) is 4.69. The molecule has 0 aromatic carbocycles. The van der Waals surface area contributed by atoms with Crippen LogP contribution in [0.5, 0.6) is 0 Å². The van der Waals surface area contributed by atoms with E-state index >= 15 is 0 Å². The minimum Gasteiger partial charge on any atom is -0.381 e. The lowest BCUT2D eigenvalue weighted by molar-refractivity contribution is 0.638. The Labute approximate surface area is 83.7 Å². The lowest BCUT2D eigenvalue weighted by atomic mass is 10.2. The van der Waals surface area contributed by atoms with Crippen molar-refractivity contribution in [3.05, 3.63) is 28.7 Å². The van der Waals surface area contributed by atoms with E-state index in [1.807, 2.05) is 19.9 Å². The minimum atomic E-state index is -0.0214. The molecule has 0 aliphatic heterocycles. The van der Waals surface area contributed by atoms with Crippen LogP contribution in [0.15, 0.2) is 23.1 Å². The predicted molar refractivity (Wildman–Crippen MR) is 58.4 cm³/mol. The van der Waals surface area contributed by atoms with E-state index in [1.165, 1.54) is 4.57 Å². The quantitative estimate of drug-likeness (QED) is 0.739. The van der Waals surface area contributed by atoms with Crippen molar-refractivity contribution >= 4 is 5.69 Å². The summed E-state index contributed by atoms with van der Waals surface area (Å²) >= 11 is 0. The first-order chi connectivity index (χ1) is 6.50. The third-order valence-electron chi connectivity index (χ3n) is 2.29. The van der Waals surface area contributed by atoms with E-state index in [0.717, 1.165) is 5.69 Å². The average molecular weight is 195 g/mol. The second-order valence-corrected chi connectivity index (χ2v) is 3.66. The summed E-state index contributed by atoms with van der Waals surface area (Å²) in [6.45, 7) is 3.92. The average Bonchev–Trinajstić information content (AvgIpc) is 2.11. The molecule has 0 fully saturated rings. The molecule has 0 bridgehead atoms. The van der Waals surface area contributed by atoms with Crippen molar-refractivity contribution in [2.45, 2.75) is 25.9 Å². The van der Waals surface area contributed by atoms with Gasteiger partial charge < -0.3 is 15.6 Å². The second-order valence-electron chi connectivity index (χ2n) is 3.66. The van der Waals surface area contributed by atoms with Crippen LogP contribution in [0.3, 0.4) is 0 Å². The minimum absolute atomic E-state index is 0.0214. The highest BCUT2D eigenvalue weighted by molar-refractivity contribution is 5.42. The van der Waals surface area contributed by atoms with Gasteiger partial charge in [-0.1, -0.05) is 0 Å². The lowest BCUT2D eigenvalue weighted by Gasteiger charge is -2.18. The van der Waals surface area contributed by atoms with Crippen molar-refractivity contribution in [2.24, 2.45) is 12.8 Å².